The molecule has 3 rings (SSSR count). The Kier molecular flexibility index (Phi) is 4.96. The van der Waals surface area contributed by atoms with Crippen molar-refractivity contribution in [3.8, 4) is 0 Å². The number of nitrogens with one attached hydrogen (secondary N) is 1. The highest BCUT2D eigenvalue weighted by Gasteiger charge is 2.22. The topological polar surface area (TPSA) is 21.3 Å². The van der Waals surface area contributed by atoms with Gasteiger partial charge in [0.2, 0.25) is 0 Å². The molecule has 2 nitrogen and oxygen atoms in total. The van der Waals surface area contributed by atoms with Crippen LogP contribution in [-0.2, 0) is 17.9 Å². The summed E-state index contributed by atoms with van der Waals surface area (Å²) in [6.45, 7) is 4.38. The van der Waals surface area contributed by atoms with Crippen molar-refractivity contribution in [2.45, 2.75) is 31.0 Å². The molecule has 0 bridgehead atoms. The Morgan fingerprint density at radius 1 is 1.10 bits per heavy atom. The zero-order valence-electron chi connectivity index (χ0n) is 12.3. The van der Waals surface area contributed by atoms with Gasteiger partial charge in [-0.05, 0) is 29.7 Å². The number of hydrogen-bond acceptors (Lipinski definition) is 3. The van der Waals surface area contributed by atoms with Crippen LogP contribution in [0.25, 0.3) is 0 Å². The fraction of sp³-hybridized carbons (Fsp3) is 0.333. The molecule has 0 saturated carbocycles. The van der Waals surface area contributed by atoms with Gasteiger partial charge in [-0.15, -0.1) is 11.8 Å². The lowest BCUT2D eigenvalue weighted by Gasteiger charge is -2.15. The third-order valence-corrected chi connectivity index (χ3v) is 5.00. The molecule has 3 heteroatoms. The number of ether oxygens (including phenoxy) is 1. The summed E-state index contributed by atoms with van der Waals surface area (Å²) in [5.41, 5.74) is 4.05. The second-order valence-corrected chi connectivity index (χ2v) is 6.25. The van der Waals surface area contributed by atoms with E-state index in [4.69, 9.17) is 4.74 Å². The van der Waals surface area contributed by atoms with Crippen LogP contribution in [-0.4, -0.2) is 12.4 Å². The largest absolute Gasteiger partial charge is 0.377 e. The molecule has 0 aromatic heterocycles. The quantitative estimate of drug-likeness (QED) is 0.865. The summed E-state index contributed by atoms with van der Waals surface area (Å²) in [6, 6.07) is 17.7. The predicted molar refractivity (Wildman–Crippen MR) is 88.5 cm³/mol. The Morgan fingerprint density at radius 3 is 2.71 bits per heavy atom. The third-order valence-electron chi connectivity index (χ3n) is 3.82. The first-order valence-corrected chi connectivity index (χ1v) is 8.46. The van der Waals surface area contributed by atoms with E-state index in [2.05, 4.69) is 53.8 Å². The van der Waals surface area contributed by atoms with Crippen LogP contribution in [0.2, 0.25) is 0 Å². The van der Waals surface area contributed by atoms with Crippen molar-refractivity contribution < 1.29 is 4.74 Å². The van der Waals surface area contributed by atoms with E-state index in [0.29, 0.717) is 12.6 Å². The maximum absolute atomic E-state index is 5.56. The maximum Gasteiger partial charge on any atom is 0.0719 e. The molecular formula is C18H21NOS. The van der Waals surface area contributed by atoms with Gasteiger partial charge in [0.05, 0.1) is 6.61 Å². The Balaban J connectivity index is 1.66. The van der Waals surface area contributed by atoms with Crippen LogP contribution in [0.5, 0.6) is 0 Å². The average Bonchev–Trinajstić information content (AvgIpc) is 2.95. The fourth-order valence-electron chi connectivity index (χ4n) is 2.65. The van der Waals surface area contributed by atoms with Crippen LogP contribution in [0.4, 0.5) is 0 Å². The monoisotopic (exact) mass is 299 g/mol. The molecule has 2 aromatic rings. The third kappa shape index (κ3) is 3.49. The van der Waals surface area contributed by atoms with Crippen LogP contribution in [0, 0.1) is 0 Å². The molecule has 21 heavy (non-hydrogen) atoms. The van der Waals surface area contributed by atoms with Crippen LogP contribution in [0.1, 0.15) is 29.7 Å². The van der Waals surface area contributed by atoms with Crippen LogP contribution in [0.3, 0.4) is 0 Å². The van der Waals surface area contributed by atoms with Gasteiger partial charge in [-0.25, -0.2) is 0 Å². The average molecular weight is 299 g/mol. The van der Waals surface area contributed by atoms with Crippen LogP contribution < -0.4 is 5.32 Å². The van der Waals surface area contributed by atoms with E-state index in [0.717, 1.165) is 18.9 Å². The molecule has 110 valence electrons. The van der Waals surface area contributed by atoms with E-state index in [1.807, 2.05) is 18.7 Å². The number of hydrogen-bond donors (Lipinski definition) is 1. The molecule has 0 aliphatic carbocycles. The first-order valence-electron chi connectivity index (χ1n) is 7.48. The number of thioether (sulfide) groups is 1. The highest BCUT2D eigenvalue weighted by Crippen LogP contribution is 2.37. The van der Waals surface area contributed by atoms with E-state index in [1.54, 1.807) is 0 Å². The highest BCUT2D eigenvalue weighted by molar-refractivity contribution is 7.99. The first kappa shape index (κ1) is 14.6. The minimum atomic E-state index is 0.450. The zero-order chi connectivity index (χ0) is 14.5. The Bertz CT molecular complexity index is 599. The summed E-state index contributed by atoms with van der Waals surface area (Å²) in [5.74, 6) is 1.12. The Morgan fingerprint density at radius 2 is 1.86 bits per heavy atom. The van der Waals surface area contributed by atoms with E-state index in [1.165, 1.54) is 21.6 Å². The van der Waals surface area contributed by atoms with Crippen LogP contribution >= 0.6 is 11.8 Å². The standard InChI is InChI=1S/C18H21NOS/c1-2-20-12-15-8-4-3-7-14(15)11-19-17-13-21-18-10-6-5-9-16(17)18/h3-10,17,19H,2,11-13H2,1H3. The van der Waals surface area contributed by atoms with Gasteiger partial charge in [0.25, 0.3) is 0 Å². The molecule has 1 atom stereocenters. The molecule has 1 heterocycles. The summed E-state index contributed by atoms with van der Waals surface area (Å²) in [7, 11) is 0. The van der Waals surface area contributed by atoms with Crippen molar-refractivity contribution in [2.75, 3.05) is 12.4 Å². The van der Waals surface area contributed by atoms with E-state index in [-0.39, 0.29) is 0 Å². The summed E-state index contributed by atoms with van der Waals surface area (Å²) >= 11 is 1.94. The van der Waals surface area contributed by atoms with E-state index in [9.17, 15) is 0 Å². The molecule has 0 spiro atoms. The minimum absolute atomic E-state index is 0.450. The van der Waals surface area contributed by atoms with Crippen molar-refractivity contribution in [1.82, 2.24) is 5.32 Å². The van der Waals surface area contributed by atoms with Gasteiger partial charge in [0, 0.05) is 29.8 Å². The summed E-state index contributed by atoms with van der Waals surface area (Å²) in [6.07, 6.45) is 0. The van der Waals surface area contributed by atoms with Gasteiger partial charge in [-0.3, -0.25) is 0 Å². The van der Waals surface area contributed by atoms with Crippen LogP contribution in [0.15, 0.2) is 53.4 Å². The summed E-state index contributed by atoms with van der Waals surface area (Å²) < 4.78 is 5.56. The van der Waals surface area contributed by atoms with E-state index >= 15 is 0 Å². The number of rotatable bonds is 6. The smallest absolute Gasteiger partial charge is 0.0719 e. The number of fused-ring (bicyclic) bond motifs is 1. The zero-order valence-corrected chi connectivity index (χ0v) is 13.2. The van der Waals surface area contributed by atoms with Crippen molar-refractivity contribution in [1.29, 1.82) is 0 Å². The molecule has 1 unspecified atom stereocenters. The second-order valence-electron chi connectivity index (χ2n) is 5.19. The van der Waals surface area contributed by atoms with Gasteiger partial charge in [0.15, 0.2) is 0 Å². The van der Waals surface area contributed by atoms with Gasteiger partial charge < -0.3 is 10.1 Å². The molecule has 1 aliphatic rings. The van der Waals surface area contributed by atoms with Gasteiger partial charge in [0.1, 0.15) is 0 Å². The molecule has 0 fully saturated rings. The normalized spacial score (nSPS) is 16.9. The molecule has 0 amide bonds. The summed E-state index contributed by atoms with van der Waals surface area (Å²) in [4.78, 5) is 1.41. The van der Waals surface area contributed by atoms with Crippen molar-refractivity contribution in [2.24, 2.45) is 0 Å². The maximum atomic E-state index is 5.56. The van der Waals surface area contributed by atoms with Gasteiger partial charge in [-0.2, -0.15) is 0 Å². The molecule has 1 N–H and O–H groups in total. The number of benzene rings is 2. The molecule has 1 aliphatic heterocycles. The van der Waals surface area contributed by atoms with Crippen molar-refractivity contribution in [3.05, 3.63) is 65.2 Å². The fourth-order valence-corrected chi connectivity index (χ4v) is 3.84. The summed E-state index contributed by atoms with van der Waals surface area (Å²) in [5, 5.41) is 3.69. The van der Waals surface area contributed by atoms with Gasteiger partial charge >= 0.3 is 0 Å². The second kappa shape index (κ2) is 7.12. The SMILES string of the molecule is CCOCc1ccccc1CNC1CSc2ccccc21. The minimum Gasteiger partial charge on any atom is -0.377 e. The molecular weight excluding hydrogens is 278 g/mol. The van der Waals surface area contributed by atoms with E-state index < -0.39 is 0 Å². The van der Waals surface area contributed by atoms with Gasteiger partial charge in [-0.1, -0.05) is 42.5 Å². The molecule has 0 saturated heterocycles. The molecule has 0 radical (unpaired) electrons. The van der Waals surface area contributed by atoms with Crippen molar-refractivity contribution in [3.63, 3.8) is 0 Å². The lowest BCUT2D eigenvalue weighted by Crippen LogP contribution is -2.21. The predicted octanol–water partition coefficient (Wildman–Crippen LogP) is 4.16. The first-order chi connectivity index (χ1) is 10.4. The highest BCUT2D eigenvalue weighted by atomic mass is 32.2. The molecule has 2 aromatic carbocycles. The Hall–Kier alpha value is -1.29. The Labute approximate surface area is 130 Å². The lowest BCUT2D eigenvalue weighted by atomic mass is 10.1. The van der Waals surface area contributed by atoms with Crippen molar-refractivity contribution >= 4 is 11.8 Å². The lowest BCUT2D eigenvalue weighted by molar-refractivity contribution is 0.133.